The number of ether oxygens (including phenoxy) is 1. The summed E-state index contributed by atoms with van der Waals surface area (Å²) >= 11 is 6.43. The molecule has 0 saturated heterocycles. The topological polar surface area (TPSA) is 108 Å². The molecule has 10 heteroatoms. The van der Waals surface area contributed by atoms with Gasteiger partial charge in [0.25, 0.3) is 12.6 Å². The van der Waals surface area contributed by atoms with E-state index in [0.717, 1.165) is 17.7 Å². The lowest BCUT2D eigenvalue weighted by Gasteiger charge is -2.43. The third-order valence-corrected chi connectivity index (χ3v) is 6.31. The van der Waals surface area contributed by atoms with Gasteiger partial charge < -0.3 is 14.7 Å². The molecule has 0 aliphatic heterocycles. The summed E-state index contributed by atoms with van der Waals surface area (Å²) in [5, 5.41) is 9.29. The van der Waals surface area contributed by atoms with Gasteiger partial charge in [0.05, 0.1) is 0 Å². The molecule has 1 N–H and O–H groups in total. The van der Waals surface area contributed by atoms with Crippen molar-refractivity contribution in [2.75, 3.05) is 20.6 Å². The van der Waals surface area contributed by atoms with Crippen LogP contribution in [0.1, 0.15) is 41.6 Å². The molecule has 3 rings (SSSR count). The molecule has 1 saturated carbocycles. The lowest BCUT2D eigenvalue weighted by atomic mass is 9.74. The summed E-state index contributed by atoms with van der Waals surface area (Å²) in [5.74, 6) is -1.69. The van der Waals surface area contributed by atoms with Crippen molar-refractivity contribution in [1.82, 2.24) is 9.80 Å². The highest BCUT2D eigenvalue weighted by molar-refractivity contribution is 6.31. The molecule has 1 aliphatic rings. The monoisotopic (exact) mass is 488 g/mol. The van der Waals surface area contributed by atoms with Gasteiger partial charge in [-0.25, -0.2) is 4.79 Å². The lowest BCUT2D eigenvalue weighted by Crippen LogP contribution is -2.55. The molecule has 0 bridgehead atoms. The molecule has 1 atom stereocenters. The van der Waals surface area contributed by atoms with E-state index in [-0.39, 0.29) is 18.1 Å². The smallest absolute Gasteiger partial charge is 0.415 e. The molecule has 180 valence electrons. The number of carboxylic acid groups (broad SMARTS) is 1. The largest absolute Gasteiger partial charge is 0.480 e. The SMILES string of the molecule is CN(CC(=O)O)C(=O)c1ccc[n+](COC(=O)N(C)C2(c3ccccc3Cl)CCCCC2=O)c1. The first-order valence-electron chi connectivity index (χ1n) is 10.8. The van der Waals surface area contributed by atoms with E-state index in [2.05, 4.69) is 0 Å². The molecule has 34 heavy (non-hydrogen) atoms. The van der Waals surface area contributed by atoms with Crippen LogP contribution in [0.4, 0.5) is 4.79 Å². The maximum atomic E-state index is 13.2. The summed E-state index contributed by atoms with van der Waals surface area (Å²) in [6.45, 7) is -0.647. The molecule has 0 radical (unpaired) electrons. The van der Waals surface area contributed by atoms with Crippen molar-refractivity contribution in [3.63, 3.8) is 0 Å². The second-order valence-electron chi connectivity index (χ2n) is 8.23. The number of benzene rings is 1. The Morgan fingerprint density at radius 1 is 1.15 bits per heavy atom. The number of nitrogens with zero attached hydrogens (tertiary/aromatic N) is 3. The van der Waals surface area contributed by atoms with Crippen molar-refractivity contribution in [3.05, 3.63) is 64.9 Å². The van der Waals surface area contributed by atoms with Gasteiger partial charge in [0.2, 0.25) is 0 Å². The van der Waals surface area contributed by atoms with Crippen LogP contribution in [0.15, 0.2) is 48.8 Å². The van der Waals surface area contributed by atoms with Crippen LogP contribution in [-0.4, -0.2) is 59.3 Å². The first kappa shape index (κ1) is 25.2. The number of carbonyl (C=O) groups is 4. The summed E-state index contributed by atoms with van der Waals surface area (Å²) in [6.07, 6.45) is 4.65. The molecule has 1 aliphatic carbocycles. The molecular weight excluding hydrogens is 462 g/mol. The summed E-state index contributed by atoms with van der Waals surface area (Å²) in [4.78, 5) is 51.9. The number of Topliss-reactive ketones (excluding diaryl/α,β-unsaturated/α-hetero) is 1. The zero-order chi connectivity index (χ0) is 24.9. The summed E-state index contributed by atoms with van der Waals surface area (Å²) in [6, 6.07) is 10.1. The molecule has 1 fully saturated rings. The predicted octanol–water partition coefficient (Wildman–Crippen LogP) is 2.85. The van der Waals surface area contributed by atoms with Crippen LogP contribution in [-0.2, 0) is 26.6 Å². The third-order valence-electron chi connectivity index (χ3n) is 5.98. The van der Waals surface area contributed by atoms with E-state index in [9.17, 15) is 19.2 Å². The number of pyridine rings is 1. The minimum Gasteiger partial charge on any atom is -0.480 e. The zero-order valence-corrected chi connectivity index (χ0v) is 19.8. The first-order valence-corrected chi connectivity index (χ1v) is 11.2. The number of carboxylic acids is 1. The fourth-order valence-corrected chi connectivity index (χ4v) is 4.53. The van der Waals surface area contributed by atoms with Gasteiger partial charge in [-0.15, -0.1) is 0 Å². The molecule has 1 aromatic heterocycles. The van der Waals surface area contributed by atoms with Gasteiger partial charge in [0.1, 0.15) is 17.6 Å². The number of amides is 2. The van der Waals surface area contributed by atoms with Gasteiger partial charge in [-0.2, -0.15) is 4.57 Å². The number of likely N-dealkylation sites (N-methyl/N-ethyl adjacent to an activating group) is 2. The first-order chi connectivity index (χ1) is 16.2. The van der Waals surface area contributed by atoms with Gasteiger partial charge in [0.15, 0.2) is 18.2 Å². The van der Waals surface area contributed by atoms with Crippen molar-refractivity contribution in [1.29, 1.82) is 0 Å². The highest BCUT2D eigenvalue weighted by Crippen LogP contribution is 2.42. The van der Waals surface area contributed by atoms with Crippen molar-refractivity contribution in [2.45, 2.75) is 38.0 Å². The Hall–Kier alpha value is -3.46. The van der Waals surface area contributed by atoms with Crippen LogP contribution in [0, 0.1) is 0 Å². The van der Waals surface area contributed by atoms with E-state index in [0.29, 0.717) is 23.4 Å². The molecule has 2 aromatic rings. The van der Waals surface area contributed by atoms with Crippen LogP contribution >= 0.6 is 11.6 Å². The number of halogens is 1. The molecule has 1 unspecified atom stereocenters. The molecule has 1 heterocycles. The van der Waals surface area contributed by atoms with Gasteiger partial charge >= 0.3 is 12.1 Å². The number of carbonyl (C=O) groups excluding carboxylic acids is 3. The Morgan fingerprint density at radius 3 is 2.56 bits per heavy atom. The second-order valence-corrected chi connectivity index (χ2v) is 8.64. The number of hydrogen-bond donors (Lipinski definition) is 1. The Kier molecular flexibility index (Phi) is 7.88. The maximum absolute atomic E-state index is 13.2. The average molecular weight is 489 g/mol. The third kappa shape index (κ3) is 5.20. The number of aromatic nitrogens is 1. The van der Waals surface area contributed by atoms with Crippen molar-refractivity contribution < 1.29 is 33.6 Å². The summed E-state index contributed by atoms with van der Waals surface area (Å²) < 4.78 is 6.96. The fraction of sp³-hybridized carbons (Fsp3) is 0.375. The molecule has 0 spiro atoms. The van der Waals surface area contributed by atoms with Gasteiger partial charge in [-0.3, -0.25) is 19.3 Å². The van der Waals surface area contributed by atoms with Crippen LogP contribution < -0.4 is 4.57 Å². The second kappa shape index (κ2) is 10.6. The predicted molar refractivity (Wildman–Crippen MR) is 122 cm³/mol. The van der Waals surface area contributed by atoms with E-state index >= 15 is 0 Å². The average Bonchev–Trinajstić information content (AvgIpc) is 2.82. The number of aliphatic carboxylic acids is 1. The summed E-state index contributed by atoms with van der Waals surface area (Å²) in [7, 11) is 2.92. The van der Waals surface area contributed by atoms with E-state index in [4.69, 9.17) is 21.4 Å². The standard InChI is InChI=1S/C24H26ClN3O6/c1-26(15-21(30)31)22(32)17-8-7-13-28(14-17)16-34-23(33)27(2)24(12-6-5-11-20(24)29)18-9-3-4-10-19(18)25/h3-4,7-10,13-14H,5-6,11-12,15-16H2,1-2H3/p+1. The van der Waals surface area contributed by atoms with Crippen molar-refractivity contribution in [3.8, 4) is 0 Å². The molecular formula is C24H27ClN3O6+. The van der Waals surface area contributed by atoms with E-state index in [1.807, 2.05) is 0 Å². The Morgan fingerprint density at radius 2 is 1.88 bits per heavy atom. The highest BCUT2D eigenvalue weighted by atomic mass is 35.5. The maximum Gasteiger partial charge on any atom is 0.415 e. The molecule has 2 amide bonds. The number of ketones is 1. The Bertz CT molecular complexity index is 1110. The van der Waals surface area contributed by atoms with Crippen molar-refractivity contribution >= 4 is 35.4 Å². The normalized spacial score (nSPS) is 17.7. The van der Waals surface area contributed by atoms with Crippen molar-refractivity contribution in [2.24, 2.45) is 0 Å². The van der Waals surface area contributed by atoms with Gasteiger partial charge in [-0.05, 0) is 31.4 Å². The van der Waals surface area contributed by atoms with Gasteiger partial charge in [-0.1, -0.05) is 29.8 Å². The lowest BCUT2D eigenvalue weighted by molar-refractivity contribution is -0.727. The highest BCUT2D eigenvalue weighted by Gasteiger charge is 2.48. The minimum atomic E-state index is -1.21. The molecule has 1 aromatic carbocycles. The van der Waals surface area contributed by atoms with Crippen LogP contribution in [0.5, 0.6) is 0 Å². The van der Waals surface area contributed by atoms with E-state index in [1.165, 1.54) is 35.8 Å². The number of rotatable bonds is 7. The van der Waals surface area contributed by atoms with Crippen LogP contribution in [0.3, 0.4) is 0 Å². The van der Waals surface area contributed by atoms with Crippen LogP contribution in [0.25, 0.3) is 0 Å². The summed E-state index contributed by atoms with van der Waals surface area (Å²) in [5.41, 5.74) is -0.399. The van der Waals surface area contributed by atoms with Gasteiger partial charge in [0, 0.05) is 37.2 Å². The Balaban J connectivity index is 1.77. The van der Waals surface area contributed by atoms with E-state index in [1.54, 1.807) is 36.5 Å². The zero-order valence-electron chi connectivity index (χ0n) is 19.1. The quantitative estimate of drug-likeness (QED) is 0.600. The van der Waals surface area contributed by atoms with E-state index < -0.39 is 30.1 Å². The fourth-order valence-electron chi connectivity index (χ4n) is 4.24. The van der Waals surface area contributed by atoms with Crippen LogP contribution in [0.2, 0.25) is 5.02 Å². The number of hydrogen-bond acceptors (Lipinski definition) is 5. The Labute approximate surface area is 202 Å². The minimum absolute atomic E-state index is 0.0898. The molecule has 9 nitrogen and oxygen atoms in total.